The van der Waals surface area contributed by atoms with Crippen LogP contribution in [0.5, 0.6) is 0 Å². The third kappa shape index (κ3) is 2.60. The second-order valence-electron chi connectivity index (χ2n) is 3.53. The van der Waals surface area contributed by atoms with E-state index in [1.165, 1.54) is 5.56 Å². The quantitative estimate of drug-likeness (QED) is 0.895. The molecular weight excluding hydrogens is 289 g/mol. The highest BCUT2D eigenvalue weighted by Crippen LogP contribution is 2.25. The summed E-state index contributed by atoms with van der Waals surface area (Å²) in [5.74, 6) is 0.859. The number of nitrogens with one attached hydrogen (secondary N) is 1. The van der Waals surface area contributed by atoms with Crippen molar-refractivity contribution in [2.24, 2.45) is 0 Å². The molecule has 0 saturated carbocycles. The smallest absolute Gasteiger partial charge is 0.136 e. The molecule has 0 aliphatic carbocycles. The van der Waals surface area contributed by atoms with Crippen molar-refractivity contribution in [3.8, 4) is 0 Å². The molecule has 1 heterocycles. The Bertz CT molecular complexity index is 496. The summed E-state index contributed by atoms with van der Waals surface area (Å²) in [6, 6.07) is 7.75. The SMILES string of the molecule is Cc1ccc(Cl)c(NCc2occc2Br)c1. The van der Waals surface area contributed by atoms with Gasteiger partial charge in [0.1, 0.15) is 5.76 Å². The third-order valence-electron chi connectivity index (χ3n) is 2.25. The maximum Gasteiger partial charge on any atom is 0.136 e. The van der Waals surface area contributed by atoms with Crippen LogP contribution in [0.15, 0.2) is 39.4 Å². The van der Waals surface area contributed by atoms with Crippen LogP contribution in [-0.4, -0.2) is 0 Å². The zero-order valence-corrected chi connectivity index (χ0v) is 11.1. The summed E-state index contributed by atoms with van der Waals surface area (Å²) in [7, 11) is 0. The van der Waals surface area contributed by atoms with Crippen LogP contribution in [0.3, 0.4) is 0 Å². The summed E-state index contributed by atoms with van der Waals surface area (Å²) in [5.41, 5.74) is 2.09. The normalized spacial score (nSPS) is 10.4. The third-order valence-corrected chi connectivity index (χ3v) is 3.29. The Morgan fingerprint density at radius 3 is 2.88 bits per heavy atom. The molecule has 84 valence electrons. The van der Waals surface area contributed by atoms with E-state index in [9.17, 15) is 0 Å². The van der Waals surface area contributed by atoms with Gasteiger partial charge in [0.15, 0.2) is 0 Å². The van der Waals surface area contributed by atoms with E-state index >= 15 is 0 Å². The van der Waals surface area contributed by atoms with E-state index in [0.717, 1.165) is 15.9 Å². The van der Waals surface area contributed by atoms with Gasteiger partial charge in [-0.05, 0) is 46.6 Å². The molecule has 2 rings (SSSR count). The fourth-order valence-electron chi connectivity index (χ4n) is 1.40. The first-order valence-corrected chi connectivity index (χ1v) is 6.06. The fraction of sp³-hybridized carbons (Fsp3) is 0.167. The van der Waals surface area contributed by atoms with Gasteiger partial charge in [0.2, 0.25) is 0 Å². The lowest BCUT2D eigenvalue weighted by Gasteiger charge is -2.08. The monoisotopic (exact) mass is 299 g/mol. The van der Waals surface area contributed by atoms with E-state index in [2.05, 4.69) is 21.2 Å². The molecule has 16 heavy (non-hydrogen) atoms. The maximum absolute atomic E-state index is 6.07. The number of anilines is 1. The molecule has 1 N–H and O–H groups in total. The average molecular weight is 301 g/mol. The first kappa shape index (κ1) is 11.6. The number of benzene rings is 1. The Morgan fingerprint density at radius 2 is 2.19 bits per heavy atom. The highest BCUT2D eigenvalue weighted by atomic mass is 79.9. The molecule has 1 aromatic heterocycles. The number of rotatable bonds is 3. The Labute approximate surface area is 108 Å². The lowest BCUT2D eigenvalue weighted by molar-refractivity contribution is 0.516. The van der Waals surface area contributed by atoms with Crippen molar-refractivity contribution < 1.29 is 4.42 Å². The van der Waals surface area contributed by atoms with E-state index in [4.69, 9.17) is 16.0 Å². The lowest BCUT2D eigenvalue weighted by Crippen LogP contribution is -1.99. The molecule has 0 unspecified atom stereocenters. The van der Waals surface area contributed by atoms with Crippen LogP contribution < -0.4 is 5.32 Å². The first-order chi connectivity index (χ1) is 7.66. The Hall–Kier alpha value is -0.930. The molecule has 0 fully saturated rings. The minimum Gasteiger partial charge on any atom is -0.466 e. The predicted octanol–water partition coefficient (Wildman–Crippen LogP) is 4.62. The van der Waals surface area contributed by atoms with E-state index < -0.39 is 0 Å². The zero-order valence-electron chi connectivity index (χ0n) is 8.76. The van der Waals surface area contributed by atoms with E-state index in [1.807, 2.05) is 31.2 Å². The minimum atomic E-state index is 0.608. The van der Waals surface area contributed by atoms with Gasteiger partial charge in [-0.25, -0.2) is 0 Å². The highest BCUT2D eigenvalue weighted by molar-refractivity contribution is 9.10. The molecule has 0 bridgehead atoms. The standard InChI is InChI=1S/C12H11BrClNO/c1-8-2-3-10(14)11(6-8)15-7-12-9(13)4-5-16-12/h2-6,15H,7H2,1H3. The molecule has 0 aliphatic rings. The van der Waals surface area contributed by atoms with E-state index in [1.54, 1.807) is 6.26 Å². The molecule has 1 aromatic carbocycles. The van der Waals surface area contributed by atoms with Crippen LogP contribution in [0.4, 0.5) is 5.69 Å². The largest absolute Gasteiger partial charge is 0.466 e. The zero-order chi connectivity index (χ0) is 11.5. The van der Waals surface area contributed by atoms with Gasteiger partial charge in [-0.15, -0.1) is 0 Å². The highest BCUT2D eigenvalue weighted by Gasteiger charge is 2.05. The van der Waals surface area contributed by atoms with E-state index in [0.29, 0.717) is 11.6 Å². The van der Waals surface area contributed by atoms with Gasteiger partial charge >= 0.3 is 0 Å². The summed E-state index contributed by atoms with van der Waals surface area (Å²) in [5, 5.41) is 3.96. The van der Waals surface area contributed by atoms with Crippen LogP contribution in [-0.2, 0) is 6.54 Å². The summed E-state index contributed by atoms with van der Waals surface area (Å²) in [4.78, 5) is 0. The summed E-state index contributed by atoms with van der Waals surface area (Å²) >= 11 is 9.48. The molecule has 4 heteroatoms. The van der Waals surface area contributed by atoms with Gasteiger partial charge in [-0.3, -0.25) is 0 Å². The predicted molar refractivity (Wildman–Crippen MR) is 69.9 cm³/mol. The first-order valence-electron chi connectivity index (χ1n) is 4.88. The van der Waals surface area contributed by atoms with Crippen molar-refractivity contribution in [2.75, 3.05) is 5.32 Å². The number of hydrogen-bond donors (Lipinski definition) is 1. The van der Waals surface area contributed by atoms with Crippen molar-refractivity contribution in [3.63, 3.8) is 0 Å². The minimum absolute atomic E-state index is 0.608. The summed E-state index contributed by atoms with van der Waals surface area (Å²) < 4.78 is 6.27. The van der Waals surface area contributed by atoms with Crippen molar-refractivity contribution in [3.05, 3.63) is 51.3 Å². The van der Waals surface area contributed by atoms with Crippen LogP contribution in [0.1, 0.15) is 11.3 Å². The van der Waals surface area contributed by atoms with Crippen LogP contribution in [0.2, 0.25) is 5.02 Å². The average Bonchev–Trinajstić information content (AvgIpc) is 2.66. The topological polar surface area (TPSA) is 25.2 Å². The number of hydrogen-bond acceptors (Lipinski definition) is 2. The lowest BCUT2D eigenvalue weighted by atomic mass is 10.2. The van der Waals surface area contributed by atoms with Gasteiger partial charge in [0.25, 0.3) is 0 Å². The van der Waals surface area contributed by atoms with Crippen molar-refractivity contribution in [1.82, 2.24) is 0 Å². The van der Waals surface area contributed by atoms with Crippen LogP contribution in [0.25, 0.3) is 0 Å². The molecule has 0 amide bonds. The Balaban J connectivity index is 2.10. The number of aryl methyl sites for hydroxylation is 1. The molecule has 0 radical (unpaired) electrons. The fourth-order valence-corrected chi connectivity index (χ4v) is 1.93. The maximum atomic E-state index is 6.07. The van der Waals surface area contributed by atoms with Crippen molar-refractivity contribution in [2.45, 2.75) is 13.5 Å². The van der Waals surface area contributed by atoms with Crippen LogP contribution in [0, 0.1) is 6.92 Å². The second-order valence-corrected chi connectivity index (χ2v) is 4.79. The van der Waals surface area contributed by atoms with Gasteiger partial charge in [0, 0.05) is 0 Å². The van der Waals surface area contributed by atoms with Gasteiger partial charge in [0.05, 0.1) is 28.0 Å². The van der Waals surface area contributed by atoms with E-state index in [-0.39, 0.29) is 0 Å². The van der Waals surface area contributed by atoms with Crippen molar-refractivity contribution in [1.29, 1.82) is 0 Å². The molecule has 0 aliphatic heterocycles. The summed E-state index contributed by atoms with van der Waals surface area (Å²) in [6.07, 6.45) is 1.65. The summed E-state index contributed by atoms with van der Waals surface area (Å²) in [6.45, 7) is 2.64. The molecular formula is C12H11BrClNO. The molecule has 2 aromatic rings. The Morgan fingerprint density at radius 1 is 1.38 bits per heavy atom. The van der Waals surface area contributed by atoms with Gasteiger partial charge in [-0.1, -0.05) is 17.7 Å². The van der Waals surface area contributed by atoms with Gasteiger partial charge < -0.3 is 9.73 Å². The Kier molecular flexibility index (Phi) is 3.56. The van der Waals surface area contributed by atoms with Crippen LogP contribution >= 0.6 is 27.5 Å². The molecule has 0 spiro atoms. The number of halogens is 2. The van der Waals surface area contributed by atoms with Gasteiger partial charge in [-0.2, -0.15) is 0 Å². The number of furan rings is 1. The second kappa shape index (κ2) is 4.93. The van der Waals surface area contributed by atoms with Crippen molar-refractivity contribution >= 4 is 33.2 Å². The molecule has 2 nitrogen and oxygen atoms in total. The molecule has 0 saturated heterocycles. The molecule has 0 atom stereocenters.